The zero-order valence-electron chi connectivity index (χ0n) is 12.4. The van der Waals surface area contributed by atoms with E-state index in [1.54, 1.807) is 14.2 Å². The van der Waals surface area contributed by atoms with Gasteiger partial charge in [-0.05, 0) is 49.1 Å². The molecule has 108 valence electrons. The molecule has 0 fully saturated rings. The Morgan fingerprint density at radius 3 is 2.53 bits per heavy atom. The minimum atomic E-state index is 0.382. The molecule has 0 amide bonds. The fourth-order valence-electron chi connectivity index (χ4n) is 2.01. The van der Waals surface area contributed by atoms with Gasteiger partial charge in [0.25, 0.3) is 0 Å². The van der Waals surface area contributed by atoms with Crippen molar-refractivity contribution in [1.82, 2.24) is 5.32 Å². The second-order valence-electron chi connectivity index (χ2n) is 4.40. The molecule has 0 aromatic heterocycles. The van der Waals surface area contributed by atoms with Gasteiger partial charge >= 0.3 is 0 Å². The molecule has 0 saturated carbocycles. The molecular weight excluding hydrogens is 258 g/mol. The molecule has 0 heterocycles. The van der Waals surface area contributed by atoms with Crippen LogP contribution in [0, 0.1) is 0 Å². The van der Waals surface area contributed by atoms with Gasteiger partial charge in [-0.1, -0.05) is 13.0 Å². The minimum Gasteiger partial charge on any atom is -0.493 e. The Labute approximate surface area is 121 Å². The molecule has 1 unspecified atom stereocenters. The SMILES string of the molecule is CCCNC(CCSC)c1ccc(OC)c(OC)c1. The van der Waals surface area contributed by atoms with Crippen LogP contribution >= 0.6 is 11.8 Å². The minimum absolute atomic E-state index is 0.382. The normalized spacial score (nSPS) is 12.2. The van der Waals surface area contributed by atoms with Crippen LogP contribution in [-0.4, -0.2) is 32.8 Å². The summed E-state index contributed by atoms with van der Waals surface area (Å²) in [6.45, 7) is 3.22. The van der Waals surface area contributed by atoms with Crippen molar-refractivity contribution >= 4 is 11.8 Å². The first kappa shape index (κ1) is 16.2. The molecular formula is C15H25NO2S. The van der Waals surface area contributed by atoms with E-state index in [4.69, 9.17) is 9.47 Å². The molecule has 4 heteroatoms. The van der Waals surface area contributed by atoms with Gasteiger partial charge in [-0.15, -0.1) is 0 Å². The maximum atomic E-state index is 5.38. The second kappa shape index (κ2) is 9.10. The van der Waals surface area contributed by atoms with Crippen molar-refractivity contribution in [2.24, 2.45) is 0 Å². The summed E-state index contributed by atoms with van der Waals surface area (Å²) in [6.07, 6.45) is 4.41. The summed E-state index contributed by atoms with van der Waals surface area (Å²) in [5.74, 6) is 2.73. The lowest BCUT2D eigenvalue weighted by Gasteiger charge is -2.20. The van der Waals surface area contributed by atoms with E-state index in [9.17, 15) is 0 Å². The highest BCUT2D eigenvalue weighted by Gasteiger charge is 2.13. The number of hydrogen-bond acceptors (Lipinski definition) is 4. The first-order chi connectivity index (χ1) is 9.26. The van der Waals surface area contributed by atoms with Gasteiger partial charge in [0.1, 0.15) is 0 Å². The molecule has 1 atom stereocenters. The lowest BCUT2D eigenvalue weighted by Crippen LogP contribution is -2.22. The van der Waals surface area contributed by atoms with Crippen molar-refractivity contribution < 1.29 is 9.47 Å². The van der Waals surface area contributed by atoms with E-state index < -0.39 is 0 Å². The molecule has 0 aliphatic rings. The predicted octanol–water partition coefficient (Wildman–Crippen LogP) is 3.50. The molecule has 0 radical (unpaired) electrons. The molecule has 1 aromatic carbocycles. The third kappa shape index (κ3) is 4.96. The van der Waals surface area contributed by atoms with E-state index in [0.717, 1.165) is 36.6 Å². The summed E-state index contributed by atoms with van der Waals surface area (Å²) < 4.78 is 10.7. The van der Waals surface area contributed by atoms with Crippen LogP contribution in [0.1, 0.15) is 31.4 Å². The van der Waals surface area contributed by atoms with E-state index >= 15 is 0 Å². The average Bonchev–Trinajstić information content (AvgIpc) is 2.46. The van der Waals surface area contributed by atoms with Crippen LogP contribution in [0.4, 0.5) is 0 Å². The molecule has 19 heavy (non-hydrogen) atoms. The number of hydrogen-bond donors (Lipinski definition) is 1. The fraction of sp³-hybridized carbons (Fsp3) is 0.600. The summed E-state index contributed by atoms with van der Waals surface area (Å²) in [4.78, 5) is 0. The summed E-state index contributed by atoms with van der Waals surface area (Å²) in [5.41, 5.74) is 1.26. The Balaban J connectivity index is 2.87. The number of benzene rings is 1. The van der Waals surface area contributed by atoms with Gasteiger partial charge in [-0.3, -0.25) is 0 Å². The van der Waals surface area contributed by atoms with Gasteiger partial charge in [0.2, 0.25) is 0 Å². The topological polar surface area (TPSA) is 30.5 Å². The Kier molecular flexibility index (Phi) is 7.75. The van der Waals surface area contributed by atoms with E-state index in [2.05, 4.69) is 30.6 Å². The molecule has 0 aliphatic heterocycles. The lowest BCUT2D eigenvalue weighted by atomic mass is 10.0. The van der Waals surface area contributed by atoms with Gasteiger partial charge in [0, 0.05) is 6.04 Å². The van der Waals surface area contributed by atoms with Crippen molar-refractivity contribution in [3.8, 4) is 11.5 Å². The van der Waals surface area contributed by atoms with E-state index in [1.807, 2.05) is 17.8 Å². The van der Waals surface area contributed by atoms with Crippen LogP contribution in [0.3, 0.4) is 0 Å². The first-order valence-corrected chi connectivity index (χ1v) is 8.10. The number of nitrogens with one attached hydrogen (secondary N) is 1. The van der Waals surface area contributed by atoms with Crippen molar-refractivity contribution in [1.29, 1.82) is 0 Å². The molecule has 0 aliphatic carbocycles. The van der Waals surface area contributed by atoms with Crippen LogP contribution < -0.4 is 14.8 Å². The third-order valence-corrected chi connectivity index (χ3v) is 3.71. The first-order valence-electron chi connectivity index (χ1n) is 6.71. The maximum Gasteiger partial charge on any atom is 0.161 e. The Bertz CT molecular complexity index is 363. The third-order valence-electron chi connectivity index (χ3n) is 3.06. The summed E-state index contributed by atoms with van der Waals surface area (Å²) in [5, 5.41) is 3.60. The zero-order chi connectivity index (χ0) is 14.1. The van der Waals surface area contributed by atoms with Crippen LogP contribution in [0.2, 0.25) is 0 Å². The monoisotopic (exact) mass is 283 g/mol. The highest BCUT2D eigenvalue weighted by Crippen LogP contribution is 2.31. The Hall–Kier alpha value is -0.870. The largest absolute Gasteiger partial charge is 0.493 e. The van der Waals surface area contributed by atoms with Crippen LogP contribution in [-0.2, 0) is 0 Å². The highest BCUT2D eigenvalue weighted by molar-refractivity contribution is 7.98. The Morgan fingerprint density at radius 1 is 1.21 bits per heavy atom. The molecule has 1 N–H and O–H groups in total. The number of methoxy groups -OCH3 is 2. The molecule has 1 aromatic rings. The van der Waals surface area contributed by atoms with Crippen LogP contribution in [0.25, 0.3) is 0 Å². The Morgan fingerprint density at radius 2 is 1.95 bits per heavy atom. The number of thioether (sulfide) groups is 1. The van der Waals surface area contributed by atoms with E-state index in [1.165, 1.54) is 5.56 Å². The van der Waals surface area contributed by atoms with Crippen LogP contribution in [0.15, 0.2) is 18.2 Å². The van der Waals surface area contributed by atoms with Crippen LogP contribution in [0.5, 0.6) is 11.5 Å². The smallest absolute Gasteiger partial charge is 0.161 e. The van der Waals surface area contributed by atoms with Gasteiger partial charge in [0.15, 0.2) is 11.5 Å². The van der Waals surface area contributed by atoms with E-state index in [-0.39, 0.29) is 0 Å². The summed E-state index contributed by atoms with van der Waals surface area (Å²) in [6, 6.07) is 6.56. The molecule has 3 nitrogen and oxygen atoms in total. The summed E-state index contributed by atoms with van der Waals surface area (Å²) in [7, 11) is 3.34. The molecule has 0 bridgehead atoms. The summed E-state index contributed by atoms with van der Waals surface area (Å²) >= 11 is 1.88. The standard InChI is InChI=1S/C15H25NO2S/c1-5-9-16-13(8-10-19-4)12-6-7-14(17-2)15(11-12)18-3/h6-7,11,13,16H,5,8-10H2,1-4H3. The molecule has 1 rings (SSSR count). The van der Waals surface area contributed by atoms with Gasteiger partial charge in [0.05, 0.1) is 14.2 Å². The van der Waals surface area contributed by atoms with Gasteiger partial charge < -0.3 is 14.8 Å². The zero-order valence-corrected chi connectivity index (χ0v) is 13.2. The lowest BCUT2D eigenvalue weighted by molar-refractivity contribution is 0.353. The number of rotatable bonds is 9. The van der Waals surface area contributed by atoms with Crippen molar-refractivity contribution in [3.63, 3.8) is 0 Å². The highest BCUT2D eigenvalue weighted by atomic mass is 32.2. The van der Waals surface area contributed by atoms with Gasteiger partial charge in [-0.25, -0.2) is 0 Å². The van der Waals surface area contributed by atoms with Crippen molar-refractivity contribution in [3.05, 3.63) is 23.8 Å². The quantitative estimate of drug-likeness (QED) is 0.751. The average molecular weight is 283 g/mol. The van der Waals surface area contributed by atoms with Crippen molar-refractivity contribution in [2.75, 3.05) is 32.8 Å². The molecule has 0 spiro atoms. The molecule has 0 saturated heterocycles. The maximum absolute atomic E-state index is 5.38. The van der Waals surface area contributed by atoms with Gasteiger partial charge in [-0.2, -0.15) is 11.8 Å². The fourth-order valence-corrected chi connectivity index (χ4v) is 2.48. The predicted molar refractivity (Wildman–Crippen MR) is 83.6 cm³/mol. The number of ether oxygens (including phenoxy) is 2. The van der Waals surface area contributed by atoms with Crippen molar-refractivity contribution in [2.45, 2.75) is 25.8 Å². The van der Waals surface area contributed by atoms with E-state index in [0.29, 0.717) is 6.04 Å². The second-order valence-corrected chi connectivity index (χ2v) is 5.39.